The molecule has 2 N–H and O–H groups in total. The summed E-state index contributed by atoms with van der Waals surface area (Å²) in [4.78, 5) is 11.6. The van der Waals surface area contributed by atoms with Crippen LogP contribution in [0, 0.1) is 6.92 Å². The molecule has 4 nitrogen and oxygen atoms in total. The van der Waals surface area contributed by atoms with Crippen LogP contribution >= 0.6 is 0 Å². The SMILES string of the molecule is CCCCOC(=O)CC[C@H](C)c1ccc(B(O)O)cc1C. The number of carbonyl (C=O) groups is 1. The van der Waals surface area contributed by atoms with Crippen molar-refractivity contribution in [3.05, 3.63) is 29.3 Å². The fourth-order valence-electron chi connectivity index (χ4n) is 2.30. The van der Waals surface area contributed by atoms with Crippen molar-refractivity contribution in [1.82, 2.24) is 0 Å². The van der Waals surface area contributed by atoms with Crippen molar-refractivity contribution >= 4 is 18.6 Å². The van der Waals surface area contributed by atoms with Gasteiger partial charge >= 0.3 is 13.1 Å². The minimum atomic E-state index is -1.44. The van der Waals surface area contributed by atoms with Gasteiger partial charge in [0.15, 0.2) is 0 Å². The Morgan fingerprint density at radius 1 is 1.38 bits per heavy atom. The van der Waals surface area contributed by atoms with E-state index in [-0.39, 0.29) is 11.9 Å². The Morgan fingerprint density at radius 3 is 2.67 bits per heavy atom. The minimum absolute atomic E-state index is 0.143. The molecule has 0 bridgehead atoms. The molecule has 1 aromatic carbocycles. The highest BCUT2D eigenvalue weighted by Gasteiger charge is 2.15. The molecule has 0 spiro atoms. The van der Waals surface area contributed by atoms with Gasteiger partial charge in [0.05, 0.1) is 6.61 Å². The zero-order chi connectivity index (χ0) is 15.8. The van der Waals surface area contributed by atoms with E-state index in [0.717, 1.165) is 30.4 Å². The highest BCUT2D eigenvalue weighted by molar-refractivity contribution is 6.58. The lowest BCUT2D eigenvalue weighted by molar-refractivity contribution is -0.143. The molecular weight excluding hydrogens is 267 g/mol. The highest BCUT2D eigenvalue weighted by atomic mass is 16.5. The molecule has 5 heteroatoms. The summed E-state index contributed by atoms with van der Waals surface area (Å²) in [6, 6.07) is 5.39. The molecule has 1 atom stereocenters. The Morgan fingerprint density at radius 2 is 2.10 bits per heavy atom. The number of hydrogen-bond donors (Lipinski definition) is 2. The Balaban J connectivity index is 2.52. The van der Waals surface area contributed by atoms with E-state index >= 15 is 0 Å². The average molecular weight is 292 g/mol. The highest BCUT2D eigenvalue weighted by Crippen LogP contribution is 2.23. The monoisotopic (exact) mass is 292 g/mol. The van der Waals surface area contributed by atoms with Gasteiger partial charge in [-0.2, -0.15) is 0 Å². The zero-order valence-corrected chi connectivity index (χ0v) is 13.1. The van der Waals surface area contributed by atoms with Gasteiger partial charge < -0.3 is 14.8 Å². The van der Waals surface area contributed by atoms with Gasteiger partial charge in [-0.05, 0) is 42.3 Å². The molecule has 0 aliphatic rings. The van der Waals surface area contributed by atoms with Gasteiger partial charge in [-0.25, -0.2) is 0 Å². The maximum Gasteiger partial charge on any atom is 0.488 e. The number of rotatable bonds is 8. The number of carbonyl (C=O) groups excluding carboxylic acids is 1. The summed E-state index contributed by atoms with van der Waals surface area (Å²) in [5, 5.41) is 18.3. The van der Waals surface area contributed by atoms with Gasteiger partial charge in [-0.15, -0.1) is 0 Å². The van der Waals surface area contributed by atoms with Crippen LogP contribution < -0.4 is 5.46 Å². The van der Waals surface area contributed by atoms with Crippen molar-refractivity contribution in [2.75, 3.05) is 6.61 Å². The number of aryl methyl sites for hydroxylation is 1. The first-order valence-electron chi connectivity index (χ1n) is 7.57. The summed E-state index contributed by atoms with van der Waals surface area (Å²) in [5.74, 6) is 0.0870. The first kappa shape index (κ1) is 17.7. The normalized spacial score (nSPS) is 12.0. The third-order valence-corrected chi connectivity index (χ3v) is 3.67. The van der Waals surface area contributed by atoms with Gasteiger partial charge in [0.2, 0.25) is 0 Å². The smallest absolute Gasteiger partial charge is 0.466 e. The van der Waals surface area contributed by atoms with Crippen molar-refractivity contribution in [2.24, 2.45) is 0 Å². The van der Waals surface area contributed by atoms with E-state index < -0.39 is 7.12 Å². The second-order valence-corrected chi connectivity index (χ2v) is 5.50. The fraction of sp³-hybridized carbons (Fsp3) is 0.562. The van der Waals surface area contributed by atoms with Gasteiger partial charge in [0.25, 0.3) is 0 Å². The lowest BCUT2D eigenvalue weighted by Crippen LogP contribution is -2.30. The quantitative estimate of drug-likeness (QED) is 0.436. The van der Waals surface area contributed by atoms with E-state index in [9.17, 15) is 4.79 Å². The summed E-state index contributed by atoms with van der Waals surface area (Å²) in [5.41, 5.74) is 2.62. The maximum absolute atomic E-state index is 11.6. The summed E-state index contributed by atoms with van der Waals surface area (Å²) < 4.78 is 5.14. The van der Waals surface area contributed by atoms with Gasteiger partial charge in [-0.1, -0.05) is 38.5 Å². The van der Waals surface area contributed by atoms with Crippen molar-refractivity contribution in [1.29, 1.82) is 0 Å². The van der Waals surface area contributed by atoms with E-state index in [1.54, 1.807) is 12.1 Å². The Labute approximate surface area is 127 Å². The molecule has 1 aromatic rings. The number of unbranched alkanes of at least 4 members (excludes halogenated alkanes) is 1. The van der Waals surface area contributed by atoms with Crippen LogP contribution in [0.4, 0.5) is 0 Å². The van der Waals surface area contributed by atoms with Crippen LogP contribution in [0.5, 0.6) is 0 Å². The van der Waals surface area contributed by atoms with Gasteiger partial charge in [0.1, 0.15) is 0 Å². The average Bonchev–Trinajstić information content (AvgIpc) is 2.44. The van der Waals surface area contributed by atoms with Crippen LogP contribution in [0.1, 0.15) is 56.6 Å². The lowest BCUT2D eigenvalue weighted by Gasteiger charge is -2.15. The third kappa shape index (κ3) is 5.90. The molecule has 0 saturated heterocycles. The summed E-state index contributed by atoms with van der Waals surface area (Å²) in [6.07, 6.45) is 3.07. The standard InChI is InChI=1S/C16H25BO4/c1-4-5-10-21-16(18)9-6-12(2)15-8-7-14(17(19)20)11-13(15)3/h7-8,11-12,19-20H,4-6,9-10H2,1-3H3/t12-/m0/s1. The van der Waals surface area contributed by atoms with Crippen molar-refractivity contribution in [3.63, 3.8) is 0 Å². The molecule has 1 rings (SSSR count). The van der Waals surface area contributed by atoms with Crippen LogP contribution in [0.3, 0.4) is 0 Å². The first-order chi connectivity index (χ1) is 9.95. The van der Waals surface area contributed by atoms with Crippen LogP contribution in [-0.2, 0) is 9.53 Å². The summed E-state index contributed by atoms with van der Waals surface area (Å²) >= 11 is 0. The predicted octanol–water partition coefficient (Wildman–Crippen LogP) is 1.90. The van der Waals surface area contributed by atoms with Crippen LogP contribution in [-0.4, -0.2) is 29.7 Å². The summed E-state index contributed by atoms with van der Waals surface area (Å²) in [6.45, 7) is 6.57. The molecule has 21 heavy (non-hydrogen) atoms. The van der Waals surface area contributed by atoms with Crippen LogP contribution in [0.15, 0.2) is 18.2 Å². The van der Waals surface area contributed by atoms with E-state index in [4.69, 9.17) is 14.8 Å². The minimum Gasteiger partial charge on any atom is -0.466 e. The maximum atomic E-state index is 11.6. The lowest BCUT2D eigenvalue weighted by atomic mass is 9.78. The van der Waals surface area contributed by atoms with Crippen molar-refractivity contribution < 1.29 is 19.6 Å². The van der Waals surface area contributed by atoms with Crippen LogP contribution in [0.2, 0.25) is 0 Å². The van der Waals surface area contributed by atoms with E-state index in [1.165, 1.54) is 0 Å². The number of ether oxygens (including phenoxy) is 1. The topological polar surface area (TPSA) is 66.8 Å². The summed E-state index contributed by atoms with van der Waals surface area (Å²) in [7, 11) is -1.44. The molecule has 116 valence electrons. The number of hydrogen-bond acceptors (Lipinski definition) is 4. The molecule has 0 saturated carbocycles. The molecule has 0 radical (unpaired) electrons. The van der Waals surface area contributed by atoms with Crippen molar-refractivity contribution in [2.45, 2.75) is 52.4 Å². The van der Waals surface area contributed by atoms with Crippen molar-refractivity contribution in [3.8, 4) is 0 Å². The Hall–Kier alpha value is -1.33. The van der Waals surface area contributed by atoms with Gasteiger partial charge in [0, 0.05) is 6.42 Å². The van der Waals surface area contributed by atoms with E-state index in [1.807, 2.05) is 13.0 Å². The molecular formula is C16H25BO4. The molecule has 0 aromatic heterocycles. The number of benzene rings is 1. The second-order valence-electron chi connectivity index (χ2n) is 5.50. The first-order valence-corrected chi connectivity index (χ1v) is 7.57. The molecule has 0 heterocycles. The zero-order valence-electron chi connectivity index (χ0n) is 13.1. The Bertz CT molecular complexity index is 460. The molecule has 0 aliphatic carbocycles. The fourth-order valence-corrected chi connectivity index (χ4v) is 2.30. The van der Waals surface area contributed by atoms with E-state index in [0.29, 0.717) is 18.5 Å². The van der Waals surface area contributed by atoms with Gasteiger partial charge in [-0.3, -0.25) is 4.79 Å². The molecule has 0 unspecified atom stereocenters. The Kier molecular flexibility index (Phi) is 7.47. The molecule has 0 amide bonds. The van der Waals surface area contributed by atoms with Crippen LogP contribution in [0.25, 0.3) is 0 Å². The second kappa shape index (κ2) is 8.85. The molecule has 0 fully saturated rings. The number of esters is 1. The molecule has 0 aliphatic heterocycles. The third-order valence-electron chi connectivity index (χ3n) is 3.67. The largest absolute Gasteiger partial charge is 0.488 e. The van der Waals surface area contributed by atoms with E-state index in [2.05, 4.69) is 13.8 Å². The predicted molar refractivity (Wildman–Crippen MR) is 84.5 cm³/mol.